The van der Waals surface area contributed by atoms with Gasteiger partial charge in [-0.3, -0.25) is 0 Å². The molecule has 18 heavy (non-hydrogen) atoms. The highest BCUT2D eigenvalue weighted by molar-refractivity contribution is 6.31. The summed E-state index contributed by atoms with van der Waals surface area (Å²) in [6.45, 7) is 0.559. The number of anilines is 1. The number of aromatic nitrogens is 1. The van der Waals surface area contributed by atoms with Gasteiger partial charge in [-0.2, -0.15) is 0 Å². The van der Waals surface area contributed by atoms with E-state index in [0.717, 1.165) is 17.0 Å². The van der Waals surface area contributed by atoms with Crippen LogP contribution >= 0.6 is 23.2 Å². The summed E-state index contributed by atoms with van der Waals surface area (Å²) in [6.07, 6.45) is 1.65. The summed E-state index contributed by atoms with van der Waals surface area (Å²) in [6, 6.07) is 9.16. The van der Waals surface area contributed by atoms with Crippen molar-refractivity contribution in [1.82, 2.24) is 4.98 Å². The van der Waals surface area contributed by atoms with Crippen molar-refractivity contribution in [3.8, 4) is 5.75 Å². The van der Waals surface area contributed by atoms with Crippen molar-refractivity contribution < 1.29 is 4.74 Å². The zero-order valence-corrected chi connectivity index (χ0v) is 11.3. The van der Waals surface area contributed by atoms with Gasteiger partial charge in [0, 0.05) is 29.0 Å². The van der Waals surface area contributed by atoms with Gasteiger partial charge in [0.15, 0.2) is 0 Å². The van der Waals surface area contributed by atoms with E-state index < -0.39 is 0 Å². The van der Waals surface area contributed by atoms with Crippen molar-refractivity contribution in [1.29, 1.82) is 0 Å². The first-order valence-corrected chi connectivity index (χ1v) is 6.13. The second-order valence-corrected chi connectivity index (χ2v) is 4.44. The van der Waals surface area contributed by atoms with Crippen LogP contribution in [0.1, 0.15) is 5.56 Å². The predicted octanol–water partition coefficient (Wildman–Crippen LogP) is 4.01. The number of hydrogen-bond donors (Lipinski definition) is 1. The van der Waals surface area contributed by atoms with Crippen LogP contribution in [0, 0.1) is 0 Å². The van der Waals surface area contributed by atoms with E-state index in [-0.39, 0.29) is 0 Å². The van der Waals surface area contributed by atoms with E-state index >= 15 is 0 Å². The number of benzene rings is 1. The Morgan fingerprint density at radius 3 is 2.83 bits per heavy atom. The molecule has 0 aliphatic rings. The Labute approximate surface area is 116 Å². The molecule has 0 bridgehead atoms. The molecule has 0 fully saturated rings. The number of hydrogen-bond acceptors (Lipinski definition) is 3. The lowest BCUT2D eigenvalue weighted by Gasteiger charge is -2.12. The van der Waals surface area contributed by atoms with E-state index in [2.05, 4.69) is 10.3 Å². The van der Waals surface area contributed by atoms with Crippen molar-refractivity contribution in [3.05, 3.63) is 52.3 Å². The molecule has 2 aromatic rings. The summed E-state index contributed by atoms with van der Waals surface area (Å²) in [5.74, 6) is 0.759. The highest BCUT2D eigenvalue weighted by atomic mass is 35.5. The summed E-state index contributed by atoms with van der Waals surface area (Å²) in [4.78, 5) is 3.92. The van der Waals surface area contributed by atoms with Crippen molar-refractivity contribution in [2.45, 2.75) is 6.54 Å². The lowest BCUT2D eigenvalue weighted by atomic mass is 10.2. The minimum atomic E-state index is 0.450. The van der Waals surface area contributed by atoms with E-state index in [0.29, 0.717) is 16.7 Å². The Balaban J connectivity index is 2.15. The van der Waals surface area contributed by atoms with E-state index in [1.165, 1.54) is 0 Å². The summed E-state index contributed by atoms with van der Waals surface area (Å²) in [5.41, 5.74) is 1.80. The van der Waals surface area contributed by atoms with Crippen LogP contribution in [-0.2, 0) is 6.54 Å². The average molecular weight is 283 g/mol. The van der Waals surface area contributed by atoms with Crippen molar-refractivity contribution in [2.24, 2.45) is 0 Å². The number of halogens is 2. The number of nitrogens with one attached hydrogen (secondary N) is 1. The third kappa shape index (κ3) is 3.06. The zero-order valence-electron chi connectivity index (χ0n) is 9.78. The Bertz CT molecular complexity index is 546. The monoisotopic (exact) mass is 282 g/mol. The van der Waals surface area contributed by atoms with Gasteiger partial charge in [-0.1, -0.05) is 29.3 Å². The topological polar surface area (TPSA) is 34.1 Å². The number of methoxy groups -OCH3 is 1. The standard InChI is InChI=1S/C13H12Cl2N2O/c1-18-12-4-2-3-11(14)10(12)8-17-9-5-6-16-13(15)7-9/h2-7H,8H2,1H3,(H,16,17). The van der Waals surface area contributed by atoms with Crippen LogP contribution in [0.4, 0.5) is 5.69 Å². The molecule has 5 heteroatoms. The van der Waals surface area contributed by atoms with E-state index in [1.54, 1.807) is 19.4 Å². The number of ether oxygens (including phenoxy) is 1. The second kappa shape index (κ2) is 5.94. The fourth-order valence-corrected chi connectivity index (χ4v) is 2.01. The van der Waals surface area contributed by atoms with Crippen LogP contribution in [0.25, 0.3) is 0 Å². The molecular weight excluding hydrogens is 271 g/mol. The normalized spacial score (nSPS) is 10.2. The summed E-state index contributed by atoms with van der Waals surface area (Å²) in [5, 5.41) is 4.35. The van der Waals surface area contributed by atoms with Crippen molar-refractivity contribution in [2.75, 3.05) is 12.4 Å². The van der Waals surface area contributed by atoms with E-state index in [4.69, 9.17) is 27.9 Å². The van der Waals surface area contributed by atoms with Crippen LogP contribution in [-0.4, -0.2) is 12.1 Å². The lowest BCUT2D eigenvalue weighted by Crippen LogP contribution is -2.02. The van der Waals surface area contributed by atoms with E-state index in [9.17, 15) is 0 Å². The van der Waals surface area contributed by atoms with Gasteiger partial charge in [0.1, 0.15) is 10.9 Å². The molecule has 1 heterocycles. The van der Waals surface area contributed by atoms with Gasteiger partial charge >= 0.3 is 0 Å². The van der Waals surface area contributed by atoms with Crippen LogP contribution < -0.4 is 10.1 Å². The van der Waals surface area contributed by atoms with Gasteiger partial charge in [-0.05, 0) is 24.3 Å². The first kappa shape index (κ1) is 13.0. The highest BCUT2D eigenvalue weighted by Crippen LogP contribution is 2.27. The number of nitrogens with zero attached hydrogens (tertiary/aromatic N) is 1. The molecule has 2 rings (SSSR count). The molecule has 0 radical (unpaired) electrons. The minimum absolute atomic E-state index is 0.450. The third-order valence-electron chi connectivity index (χ3n) is 2.49. The summed E-state index contributed by atoms with van der Waals surface area (Å²) < 4.78 is 5.28. The molecule has 1 aromatic heterocycles. The summed E-state index contributed by atoms with van der Waals surface area (Å²) in [7, 11) is 1.62. The molecule has 0 aliphatic heterocycles. The van der Waals surface area contributed by atoms with Gasteiger partial charge in [0.25, 0.3) is 0 Å². The molecule has 1 aromatic carbocycles. The highest BCUT2D eigenvalue weighted by Gasteiger charge is 2.07. The van der Waals surface area contributed by atoms with Gasteiger partial charge < -0.3 is 10.1 Å². The zero-order chi connectivity index (χ0) is 13.0. The molecule has 0 spiro atoms. The second-order valence-electron chi connectivity index (χ2n) is 3.64. The third-order valence-corrected chi connectivity index (χ3v) is 3.05. The largest absolute Gasteiger partial charge is 0.496 e. The van der Waals surface area contributed by atoms with Crippen LogP contribution in [0.2, 0.25) is 10.2 Å². The molecule has 0 amide bonds. The Kier molecular flexibility index (Phi) is 4.28. The molecule has 0 saturated carbocycles. The first-order valence-electron chi connectivity index (χ1n) is 5.37. The average Bonchev–Trinajstić information content (AvgIpc) is 2.37. The van der Waals surface area contributed by atoms with Crippen LogP contribution in [0.15, 0.2) is 36.5 Å². The minimum Gasteiger partial charge on any atom is -0.496 e. The molecule has 0 aliphatic carbocycles. The van der Waals surface area contributed by atoms with Gasteiger partial charge in [-0.15, -0.1) is 0 Å². The fourth-order valence-electron chi connectivity index (χ4n) is 1.60. The first-order chi connectivity index (χ1) is 8.70. The smallest absolute Gasteiger partial charge is 0.131 e. The Hall–Kier alpha value is -1.45. The van der Waals surface area contributed by atoms with E-state index in [1.807, 2.05) is 24.3 Å². The fraction of sp³-hybridized carbons (Fsp3) is 0.154. The maximum absolute atomic E-state index is 6.15. The number of pyridine rings is 1. The van der Waals surface area contributed by atoms with Crippen molar-refractivity contribution >= 4 is 28.9 Å². The quantitative estimate of drug-likeness (QED) is 0.861. The van der Waals surface area contributed by atoms with Gasteiger partial charge in [-0.25, -0.2) is 4.98 Å². The Morgan fingerprint density at radius 2 is 2.11 bits per heavy atom. The molecule has 94 valence electrons. The maximum atomic E-state index is 6.15. The molecule has 1 N–H and O–H groups in total. The maximum Gasteiger partial charge on any atom is 0.131 e. The molecule has 0 atom stereocenters. The van der Waals surface area contributed by atoms with Crippen molar-refractivity contribution in [3.63, 3.8) is 0 Å². The molecule has 3 nitrogen and oxygen atoms in total. The van der Waals surface area contributed by atoms with Crippen LogP contribution in [0.3, 0.4) is 0 Å². The lowest BCUT2D eigenvalue weighted by molar-refractivity contribution is 0.410. The SMILES string of the molecule is COc1cccc(Cl)c1CNc1ccnc(Cl)c1. The van der Waals surface area contributed by atoms with Gasteiger partial charge in [0.05, 0.1) is 7.11 Å². The molecule has 0 saturated heterocycles. The summed E-state index contributed by atoms with van der Waals surface area (Å²) >= 11 is 12.0. The van der Waals surface area contributed by atoms with Crippen LogP contribution in [0.5, 0.6) is 5.75 Å². The number of rotatable bonds is 4. The molecular formula is C13H12Cl2N2O. The molecule has 0 unspecified atom stereocenters. The predicted molar refractivity (Wildman–Crippen MR) is 74.6 cm³/mol. The Morgan fingerprint density at radius 1 is 1.28 bits per heavy atom. The van der Waals surface area contributed by atoms with Gasteiger partial charge in [0.2, 0.25) is 0 Å².